The predicted molar refractivity (Wildman–Crippen MR) is 89.7 cm³/mol. The third-order valence-corrected chi connectivity index (χ3v) is 4.78. The van der Waals surface area contributed by atoms with E-state index in [9.17, 15) is 0 Å². The van der Waals surface area contributed by atoms with Crippen LogP contribution in [-0.2, 0) is 0 Å². The number of rotatable bonds is 3. The van der Waals surface area contributed by atoms with Crippen LogP contribution in [0.1, 0.15) is 29.9 Å². The van der Waals surface area contributed by atoms with Crippen molar-refractivity contribution in [3.63, 3.8) is 0 Å². The van der Waals surface area contributed by atoms with E-state index in [1.165, 1.54) is 29.7 Å². The molecule has 0 atom stereocenters. The van der Waals surface area contributed by atoms with Crippen molar-refractivity contribution in [3.05, 3.63) is 63.1 Å². The monoisotopic (exact) mass is 349 g/mol. The number of aryl methyl sites for hydroxylation is 1. The summed E-state index contributed by atoms with van der Waals surface area (Å²) in [7, 11) is 0. The number of hydrogen-bond donors (Lipinski definition) is 1. The van der Waals surface area contributed by atoms with E-state index >= 15 is 0 Å². The number of anilines is 1. The van der Waals surface area contributed by atoms with Crippen LogP contribution < -0.4 is 5.32 Å². The maximum Gasteiger partial charge on any atom is 0.0406 e. The molecule has 0 aliphatic heterocycles. The Bertz CT molecular complexity index is 603. The minimum absolute atomic E-state index is 0.573. The molecule has 1 aliphatic rings. The summed E-state index contributed by atoms with van der Waals surface area (Å²) in [5, 5.41) is 4.46. The van der Waals surface area contributed by atoms with Crippen LogP contribution in [0.2, 0.25) is 5.02 Å². The van der Waals surface area contributed by atoms with Gasteiger partial charge in [0.2, 0.25) is 0 Å². The summed E-state index contributed by atoms with van der Waals surface area (Å²) >= 11 is 9.46. The SMILES string of the molecule is Cc1ccc(Br)cc1NC1CC(c2ccc(Cl)cc2)C1. The largest absolute Gasteiger partial charge is 0.382 e. The lowest BCUT2D eigenvalue weighted by Gasteiger charge is -2.37. The van der Waals surface area contributed by atoms with Gasteiger partial charge in [0.1, 0.15) is 0 Å². The molecule has 0 aromatic heterocycles. The maximum absolute atomic E-state index is 5.93. The Morgan fingerprint density at radius 1 is 1.10 bits per heavy atom. The zero-order valence-corrected chi connectivity index (χ0v) is 13.7. The Morgan fingerprint density at radius 2 is 1.80 bits per heavy atom. The highest BCUT2D eigenvalue weighted by Crippen LogP contribution is 2.39. The molecular weight excluding hydrogens is 334 g/mol. The van der Waals surface area contributed by atoms with Gasteiger partial charge in [0.25, 0.3) is 0 Å². The number of hydrogen-bond acceptors (Lipinski definition) is 1. The van der Waals surface area contributed by atoms with Crippen LogP contribution in [0.4, 0.5) is 5.69 Å². The molecule has 0 bridgehead atoms. The van der Waals surface area contributed by atoms with Crippen molar-refractivity contribution in [2.45, 2.75) is 31.7 Å². The summed E-state index contributed by atoms with van der Waals surface area (Å²) in [6.07, 6.45) is 2.38. The fraction of sp³-hybridized carbons (Fsp3) is 0.294. The first-order valence-corrected chi connectivity index (χ1v) is 8.07. The summed E-state index contributed by atoms with van der Waals surface area (Å²) in [5.74, 6) is 0.664. The quantitative estimate of drug-likeness (QED) is 0.741. The lowest BCUT2D eigenvalue weighted by molar-refractivity contribution is 0.374. The highest BCUT2D eigenvalue weighted by molar-refractivity contribution is 9.10. The molecule has 20 heavy (non-hydrogen) atoms. The summed E-state index contributed by atoms with van der Waals surface area (Å²) in [6, 6.07) is 15.2. The zero-order valence-electron chi connectivity index (χ0n) is 11.4. The number of halogens is 2. The van der Waals surface area contributed by atoms with E-state index < -0.39 is 0 Å². The van der Waals surface area contributed by atoms with Gasteiger partial charge in [-0.25, -0.2) is 0 Å². The molecule has 104 valence electrons. The Kier molecular flexibility index (Phi) is 4.04. The van der Waals surface area contributed by atoms with Crippen LogP contribution in [0.25, 0.3) is 0 Å². The number of nitrogens with one attached hydrogen (secondary N) is 1. The Hall–Kier alpha value is -0.990. The van der Waals surface area contributed by atoms with Crippen molar-refractivity contribution < 1.29 is 0 Å². The minimum Gasteiger partial charge on any atom is -0.382 e. The van der Waals surface area contributed by atoms with Gasteiger partial charge >= 0.3 is 0 Å². The van der Waals surface area contributed by atoms with Gasteiger partial charge in [0.15, 0.2) is 0 Å². The fourth-order valence-corrected chi connectivity index (χ4v) is 3.20. The van der Waals surface area contributed by atoms with Crippen LogP contribution in [0.5, 0.6) is 0 Å². The van der Waals surface area contributed by atoms with E-state index in [1.54, 1.807) is 0 Å². The maximum atomic E-state index is 5.93. The molecule has 2 aromatic rings. The van der Waals surface area contributed by atoms with Crippen LogP contribution in [0.15, 0.2) is 46.9 Å². The average Bonchev–Trinajstić information content (AvgIpc) is 2.39. The molecule has 0 saturated heterocycles. The Morgan fingerprint density at radius 3 is 2.50 bits per heavy atom. The summed E-state index contributed by atoms with van der Waals surface area (Å²) in [4.78, 5) is 0. The summed E-state index contributed by atoms with van der Waals surface area (Å²) in [5.41, 5.74) is 3.93. The Balaban J connectivity index is 1.60. The molecule has 0 radical (unpaired) electrons. The molecule has 0 heterocycles. The van der Waals surface area contributed by atoms with Crippen molar-refractivity contribution in [2.24, 2.45) is 0 Å². The summed E-state index contributed by atoms with van der Waals surface area (Å²) in [6.45, 7) is 2.14. The van der Waals surface area contributed by atoms with Crippen LogP contribution in [0, 0.1) is 6.92 Å². The third-order valence-electron chi connectivity index (χ3n) is 4.04. The van der Waals surface area contributed by atoms with Crippen LogP contribution >= 0.6 is 27.5 Å². The first kappa shape index (κ1) is 14.0. The highest BCUT2D eigenvalue weighted by Gasteiger charge is 2.30. The molecule has 2 aromatic carbocycles. The third kappa shape index (κ3) is 3.02. The molecular formula is C17H17BrClN. The van der Waals surface area contributed by atoms with Gasteiger partial charge in [-0.2, -0.15) is 0 Å². The van der Waals surface area contributed by atoms with E-state index in [4.69, 9.17) is 11.6 Å². The van der Waals surface area contributed by atoms with E-state index in [0.29, 0.717) is 12.0 Å². The van der Waals surface area contributed by atoms with Crippen molar-refractivity contribution >= 4 is 33.2 Å². The van der Waals surface area contributed by atoms with Gasteiger partial charge in [-0.1, -0.05) is 45.7 Å². The first-order chi connectivity index (χ1) is 9.61. The molecule has 1 aliphatic carbocycles. The smallest absolute Gasteiger partial charge is 0.0406 e. The molecule has 1 N–H and O–H groups in total. The van der Waals surface area contributed by atoms with Gasteiger partial charge in [-0.15, -0.1) is 0 Å². The normalized spacial score (nSPS) is 21.4. The van der Waals surface area contributed by atoms with Crippen LogP contribution in [0.3, 0.4) is 0 Å². The standard InChI is InChI=1S/C17H17BrClN/c1-11-2-5-14(18)10-17(11)20-16-8-13(9-16)12-3-6-15(19)7-4-12/h2-7,10,13,16,20H,8-9H2,1H3. The molecule has 3 rings (SSSR count). The zero-order chi connectivity index (χ0) is 14.1. The van der Waals surface area contributed by atoms with Crippen molar-refractivity contribution in [1.29, 1.82) is 0 Å². The Labute approximate surface area is 133 Å². The second-order valence-corrected chi connectivity index (χ2v) is 6.87. The van der Waals surface area contributed by atoms with Crippen molar-refractivity contribution in [3.8, 4) is 0 Å². The van der Waals surface area contributed by atoms with Gasteiger partial charge in [0.05, 0.1) is 0 Å². The van der Waals surface area contributed by atoms with Gasteiger partial charge < -0.3 is 5.32 Å². The van der Waals surface area contributed by atoms with E-state index in [-0.39, 0.29) is 0 Å². The van der Waals surface area contributed by atoms with Crippen molar-refractivity contribution in [2.75, 3.05) is 5.32 Å². The predicted octanol–water partition coefficient (Wildman–Crippen LogP) is 5.77. The summed E-state index contributed by atoms with van der Waals surface area (Å²) < 4.78 is 1.12. The molecule has 0 amide bonds. The topological polar surface area (TPSA) is 12.0 Å². The van der Waals surface area contributed by atoms with E-state index in [1.807, 2.05) is 12.1 Å². The van der Waals surface area contributed by atoms with Gasteiger partial charge in [0, 0.05) is 21.2 Å². The fourth-order valence-electron chi connectivity index (χ4n) is 2.71. The van der Waals surface area contributed by atoms with Crippen LogP contribution in [-0.4, -0.2) is 6.04 Å². The molecule has 1 nitrogen and oxygen atoms in total. The molecule has 1 fully saturated rings. The molecule has 0 spiro atoms. The molecule has 1 saturated carbocycles. The van der Waals surface area contributed by atoms with E-state index in [2.05, 4.69) is 58.5 Å². The highest BCUT2D eigenvalue weighted by atomic mass is 79.9. The lowest BCUT2D eigenvalue weighted by atomic mass is 9.76. The minimum atomic E-state index is 0.573. The average molecular weight is 351 g/mol. The number of benzene rings is 2. The molecule has 0 unspecified atom stereocenters. The second kappa shape index (κ2) is 5.79. The van der Waals surface area contributed by atoms with Gasteiger partial charge in [-0.05, 0) is 61.1 Å². The van der Waals surface area contributed by atoms with Crippen molar-refractivity contribution in [1.82, 2.24) is 0 Å². The second-order valence-electron chi connectivity index (χ2n) is 5.52. The molecule has 3 heteroatoms. The van der Waals surface area contributed by atoms with E-state index in [0.717, 1.165) is 9.50 Å². The van der Waals surface area contributed by atoms with Gasteiger partial charge in [-0.3, -0.25) is 0 Å². The lowest BCUT2D eigenvalue weighted by Crippen LogP contribution is -2.34. The first-order valence-electron chi connectivity index (χ1n) is 6.90.